The normalized spacial score (nSPS) is 19.6. The molecular weight excluding hydrogens is 822 g/mol. The van der Waals surface area contributed by atoms with Crippen LogP contribution in [0.2, 0.25) is 5.02 Å². The maximum Gasteiger partial charge on any atom is 0.245 e. The molecule has 1 fully saturated rings. The van der Waals surface area contributed by atoms with Crippen LogP contribution in [0.3, 0.4) is 0 Å². The van der Waals surface area contributed by atoms with E-state index in [-0.39, 0.29) is 36.8 Å². The van der Waals surface area contributed by atoms with Gasteiger partial charge in [0.1, 0.15) is 29.0 Å². The zero-order valence-corrected chi connectivity index (χ0v) is 36.8. The third-order valence-corrected chi connectivity index (χ3v) is 13.4. The van der Waals surface area contributed by atoms with Crippen molar-refractivity contribution in [2.24, 2.45) is 11.5 Å². The van der Waals surface area contributed by atoms with E-state index in [1.165, 1.54) is 16.7 Å². The highest BCUT2D eigenvalue weighted by molar-refractivity contribution is 7.99. The number of carbonyl (C=O) groups is 3. The predicted molar refractivity (Wildman–Crippen MR) is 246 cm³/mol. The minimum Gasteiger partial charge on any atom is -0.490 e. The van der Waals surface area contributed by atoms with Gasteiger partial charge in [0.15, 0.2) is 0 Å². The molecule has 4 heterocycles. The summed E-state index contributed by atoms with van der Waals surface area (Å²) in [6.45, 7) is 3.14. The molecule has 13 nitrogen and oxygen atoms in total. The number of benzene rings is 3. The Morgan fingerprint density at radius 1 is 0.871 bits per heavy atom. The van der Waals surface area contributed by atoms with E-state index in [0.29, 0.717) is 61.8 Å². The number of carbonyl (C=O) groups excluding carboxylic acids is 3. The summed E-state index contributed by atoms with van der Waals surface area (Å²) in [6, 6.07) is 21.1. The molecule has 328 valence electrons. The maximum atomic E-state index is 14.8. The highest BCUT2D eigenvalue weighted by atomic mass is 35.5. The van der Waals surface area contributed by atoms with E-state index in [4.69, 9.17) is 32.8 Å². The number of amides is 3. The lowest BCUT2D eigenvalue weighted by Gasteiger charge is -2.32. The molecule has 3 atom stereocenters. The van der Waals surface area contributed by atoms with Crippen LogP contribution in [0.4, 0.5) is 0 Å². The molecule has 3 aromatic carbocycles. The van der Waals surface area contributed by atoms with Crippen molar-refractivity contribution in [3.63, 3.8) is 0 Å². The molecule has 0 unspecified atom stereocenters. The van der Waals surface area contributed by atoms with Crippen LogP contribution in [0.15, 0.2) is 95.1 Å². The first kappa shape index (κ1) is 45.1. The molecule has 62 heavy (non-hydrogen) atoms. The smallest absolute Gasteiger partial charge is 0.245 e. The van der Waals surface area contributed by atoms with Crippen LogP contribution in [-0.4, -0.2) is 90.0 Å². The zero-order valence-electron chi connectivity index (χ0n) is 35.3. The van der Waals surface area contributed by atoms with Gasteiger partial charge < -0.3 is 47.4 Å². The fraction of sp³-hybridized carbons (Fsp3) is 0.404. The minimum absolute atomic E-state index is 0.106. The Hall–Kier alpha value is -4.96. The van der Waals surface area contributed by atoms with Crippen molar-refractivity contribution in [1.82, 2.24) is 36.1 Å². The number of likely N-dealkylation sites (N-methyl/N-ethyl adjacent to an activating group) is 1. The molecule has 0 radical (unpaired) electrons. The lowest BCUT2D eigenvalue weighted by molar-refractivity contribution is -0.142. The fourth-order valence-corrected chi connectivity index (χ4v) is 9.57. The second-order valence-corrected chi connectivity index (χ2v) is 17.4. The van der Waals surface area contributed by atoms with Gasteiger partial charge in [-0.05, 0) is 129 Å². The number of hydrogen-bond donors (Lipinski definition) is 7. The van der Waals surface area contributed by atoms with Crippen molar-refractivity contribution in [1.29, 1.82) is 0 Å². The third kappa shape index (κ3) is 11.2. The third-order valence-electron chi connectivity index (χ3n) is 11.8. The molecular formula is C47H58ClN9O4S. The number of halogens is 1. The molecule has 0 saturated carbocycles. The lowest BCUT2D eigenvalue weighted by atomic mass is 9.98. The minimum atomic E-state index is -0.940. The number of nitrogens with one attached hydrogen (secondary N) is 5. The summed E-state index contributed by atoms with van der Waals surface area (Å²) in [6.07, 6.45) is 8.60. The molecule has 1 saturated heterocycles. The first-order valence-corrected chi connectivity index (χ1v) is 22.9. The van der Waals surface area contributed by atoms with Crippen molar-refractivity contribution < 1.29 is 19.1 Å². The van der Waals surface area contributed by atoms with E-state index in [2.05, 4.69) is 26.3 Å². The van der Waals surface area contributed by atoms with Gasteiger partial charge in [0.05, 0.1) is 11.1 Å². The standard InChI is InChI=1S/C47H58ClN9O4S/c1-57-42(26-32-28-53-39-10-3-2-9-36(32)39)45(59)55-29-37-35(30-13-15-33(16-14-30)61-34-19-24-51-25-20-34)17-18-38(48)43(37)62-46-31(8-7-23-52-46)27-54-40(12-6-22-50)44(58)56-41(47(57)60)11-4-5-21-49/h2-3,7-10,13-18,23,28,34,40-42,51,53-54H,4-6,11-12,19-22,24-27,29,49-50H2,1H3,(H,55,59)(H,56,58)/t40-,41-,42-/m0/s1. The molecule has 0 aliphatic carbocycles. The van der Waals surface area contributed by atoms with Crippen molar-refractivity contribution in [3.8, 4) is 16.9 Å². The number of hydrogen-bond acceptors (Lipinski definition) is 10. The Morgan fingerprint density at radius 2 is 1.65 bits per heavy atom. The number of ether oxygens (including phenoxy) is 1. The van der Waals surface area contributed by atoms with Crippen molar-refractivity contribution >= 4 is 52.0 Å². The van der Waals surface area contributed by atoms with E-state index in [1.807, 2.05) is 79.0 Å². The number of nitrogens with zero attached hydrogens (tertiary/aromatic N) is 2. The van der Waals surface area contributed by atoms with Crippen LogP contribution >= 0.6 is 23.4 Å². The van der Waals surface area contributed by atoms with Gasteiger partial charge in [-0.2, -0.15) is 0 Å². The van der Waals surface area contributed by atoms with Crippen LogP contribution in [-0.2, 0) is 33.9 Å². The fourth-order valence-electron chi connectivity index (χ4n) is 8.23. The summed E-state index contributed by atoms with van der Waals surface area (Å²) in [4.78, 5) is 54.1. The number of rotatable bonds is 12. The number of fused-ring (bicyclic) bond motifs is 3. The van der Waals surface area contributed by atoms with Crippen molar-refractivity contribution in [2.45, 2.75) is 98.6 Å². The number of unbranched alkanes of at least 4 members (excludes halogenated alkanes) is 1. The van der Waals surface area contributed by atoms with Gasteiger partial charge in [-0.3, -0.25) is 14.4 Å². The van der Waals surface area contributed by atoms with Gasteiger partial charge in [-0.1, -0.05) is 65.8 Å². The van der Waals surface area contributed by atoms with Crippen LogP contribution in [0.1, 0.15) is 61.6 Å². The Kier molecular flexibility index (Phi) is 15.9. The molecule has 0 spiro atoms. The van der Waals surface area contributed by atoms with Crippen LogP contribution in [0.25, 0.3) is 22.0 Å². The average Bonchev–Trinajstić information content (AvgIpc) is 3.71. The van der Waals surface area contributed by atoms with E-state index in [0.717, 1.165) is 75.3 Å². The summed E-state index contributed by atoms with van der Waals surface area (Å²) in [7, 11) is 1.64. The Labute approximate surface area is 372 Å². The molecule has 5 aromatic rings. The largest absolute Gasteiger partial charge is 0.490 e. The molecule has 9 N–H and O–H groups in total. The van der Waals surface area contributed by atoms with E-state index in [9.17, 15) is 14.4 Å². The monoisotopic (exact) mass is 879 g/mol. The summed E-state index contributed by atoms with van der Waals surface area (Å²) in [5, 5.41) is 15.3. The highest BCUT2D eigenvalue weighted by Crippen LogP contribution is 2.41. The van der Waals surface area contributed by atoms with E-state index >= 15 is 0 Å². The number of piperidine rings is 1. The number of pyridine rings is 1. The highest BCUT2D eigenvalue weighted by Gasteiger charge is 2.34. The molecule has 2 aliphatic heterocycles. The van der Waals surface area contributed by atoms with Gasteiger partial charge in [-0.15, -0.1) is 0 Å². The number of H-pyrrole nitrogens is 1. The summed E-state index contributed by atoms with van der Waals surface area (Å²) in [5.74, 6) is -0.230. The van der Waals surface area contributed by atoms with Crippen molar-refractivity contribution in [2.75, 3.05) is 33.2 Å². The zero-order chi connectivity index (χ0) is 43.4. The lowest BCUT2D eigenvalue weighted by Crippen LogP contribution is -2.57. The van der Waals surface area contributed by atoms with E-state index < -0.39 is 18.1 Å². The topological polar surface area (TPSA) is 193 Å². The Morgan fingerprint density at radius 3 is 2.44 bits per heavy atom. The molecule has 2 aliphatic rings. The maximum absolute atomic E-state index is 14.8. The van der Waals surface area contributed by atoms with Crippen molar-refractivity contribution in [3.05, 3.63) is 107 Å². The van der Waals surface area contributed by atoms with Gasteiger partial charge >= 0.3 is 0 Å². The Bertz CT molecular complexity index is 2300. The van der Waals surface area contributed by atoms with E-state index in [1.54, 1.807) is 13.2 Å². The molecule has 3 amide bonds. The first-order valence-electron chi connectivity index (χ1n) is 21.7. The number of nitrogens with two attached hydrogens (primary N) is 2. The first-order chi connectivity index (χ1) is 30.2. The SMILES string of the molecule is CN1C(=O)[C@H](CCCCN)NC(=O)[C@H](CCCN)NCc2cccnc2Sc2c(Cl)ccc(-c3ccc(OC4CCNCC4)cc3)c2CNC(=O)[C@@H]1Cc1c[nH]c2ccccc12. The average molecular weight is 881 g/mol. The number of aromatic nitrogens is 2. The van der Waals surface area contributed by atoms with Crippen LogP contribution in [0, 0.1) is 0 Å². The number of para-hydroxylation sites is 1. The summed E-state index contributed by atoms with van der Waals surface area (Å²) < 4.78 is 6.34. The second-order valence-electron chi connectivity index (χ2n) is 16.0. The van der Waals surface area contributed by atoms with Gasteiger partial charge in [0.2, 0.25) is 17.7 Å². The molecule has 7 rings (SSSR count). The quantitative estimate of drug-likeness (QED) is 0.0768. The predicted octanol–water partition coefficient (Wildman–Crippen LogP) is 5.68. The van der Waals surface area contributed by atoms with Gasteiger partial charge in [0, 0.05) is 54.8 Å². The number of aromatic amines is 1. The van der Waals surface area contributed by atoms with Crippen LogP contribution < -0.4 is 37.5 Å². The molecule has 15 heteroatoms. The van der Waals surface area contributed by atoms with Gasteiger partial charge in [0.25, 0.3) is 0 Å². The second kappa shape index (κ2) is 21.9. The summed E-state index contributed by atoms with van der Waals surface area (Å²) >= 11 is 8.53. The summed E-state index contributed by atoms with van der Waals surface area (Å²) in [5.41, 5.74) is 17.1. The Balaban J connectivity index is 1.30. The van der Waals surface area contributed by atoms with Crippen LogP contribution in [0.5, 0.6) is 5.75 Å². The molecule has 0 bridgehead atoms. The van der Waals surface area contributed by atoms with Gasteiger partial charge in [-0.25, -0.2) is 4.98 Å². The molecule has 2 aromatic heterocycles.